The van der Waals surface area contributed by atoms with Crippen molar-refractivity contribution in [1.29, 1.82) is 0 Å². The van der Waals surface area contributed by atoms with Gasteiger partial charge in [-0.25, -0.2) is 18.7 Å². The molecular formula is C24H23F2N3O3. The highest BCUT2D eigenvalue weighted by Gasteiger charge is 2.60. The number of carbonyl (C=O) groups excluding carboxylic acids is 1. The van der Waals surface area contributed by atoms with Crippen molar-refractivity contribution in [3.63, 3.8) is 0 Å². The summed E-state index contributed by atoms with van der Waals surface area (Å²) in [5, 5.41) is 2.69. The van der Waals surface area contributed by atoms with Crippen LogP contribution in [0.2, 0.25) is 0 Å². The Labute approximate surface area is 184 Å². The summed E-state index contributed by atoms with van der Waals surface area (Å²) in [5.74, 6) is -1.54. The predicted octanol–water partition coefficient (Wildman–Crippen LogP) is 4.19. The van der Waals surface area contributed by atoms with Crippen LogP contribution in [0.15, 0.2) is 54.7 Å². The quantitative estimate of drug-likeness (QED) is 0.570. The van der Waals surface area contributed by atoms with Crippen molar-refractivity contribution in [2.45, 2.75) is 25.4 Å². The number of halogens is 2. The normalized spacial score (nSPS) is 19.4. The Kier molecular flexibility index (Phi) is 6.14. The van der Waals surface area contributed by atoms with Gasteiger partial charge in [0.05, 0.1) is 25.3 Å². The molecule has 0 bridgehead atoms. The second-order valence-corrected chi connectivity index (χ2v) is 7.85. The number of hydrogen-bond acceptors (Lipinski definition) is 5. The van der Waals surface area contributed by atoms with E-state index in [0.29, 0.717) is 23.7 Å². The topological polar surface area (TPSA) is 73.3 Å². The summed E-state index contributed by atoms with van der Waals surface area (Å²) in [6.07, 6.45) is 2.16. The van der Waals surface area contributed by atoms with Crippen LogP contribution in [-0.4, -0.2) is 29.6 Å². The fourth-order valence-corrected chi connectivity index (χ4v) is 3.86. The Morgan fingerprint density at radius 3 is 2.69 bits per heavy atom. The number of amides is 1. The van der Waals surface area contributed by atoms with Gasteiger partial charge >= 0.3 is 0 Å². The number of nitrogens with one attached hydrogen (secondary N) is 1. The molecule has 0 aliphatic heterocycles. The van der Waals surface area contributed by atoms with Gasteiger partial charge in [0.2, 0.25) is 5.91 Å². The van der Waals surface area contributed by atoms with Crippen molar-refractivity contribution in [2.24, 2.45) is 5.92 Å². The summed E-state index contributed by atoms with van der Waals surface area (Å²) >= 11 is 0. The van der Waals surface area contributed by atoms with Gasteiger partial charge in [0.15, 0.2) is 17.4 Å². The maximum absolute atomic E-state index is 13.5. The van der Waals surface area contributed by atoms with E-state index in [9.17, 15) is 13.6 Å². The molecule has 1 N–H and O–H groups in total. The maximum atomic E-state index is 13.5. The molecule has 0 spiro atoms. The minimum atomic E-state index is -1.01. The third-order valence-corrected chi connectivity index (χ3v) is 5.64. The van der Waals surface area contributed by atoms with Crippen LogP contribution in [0.25, 0.3) is 0 Å². The van der Waals surface area contributed by atoms with Crippen molar-refractivity contribution in [3.8, 4) is 5.75 Å². The van der Waals surface area contributed by atoms with Gasteiger partial charge in [0.25, 0.3) is 0 Å². The van der Waals surface area contributed by atoms with Crippen molar-refractivity contribution in [2.75, 3.05) is 19.0 Å². The van der Waals surface area contributed by atoms with Gasteiger partial charge in [0, 0.05) is 24.3 Å². The van der Waals surface area contributed by atoms with E-state index in [0.717, 1.165) is 17.7 Å². The minimum Gasteiger partial charge on any atom is -0.489 e. The number of aryl methyl sites for hydroxylation is 1. The first-order valence-electron chi connectivity index (χ1n) is 10.2. The molecule has 1 aliphatic rings. The summed E-state index contributed by atoms with van der Waals surface area (Å²) in [7, 11) is 1.58. The molecule has 2 atom stereocenters. The molecule has 2 unspecified atom stereocenters. The smallest absolute Gasteiger partial charge is 0.228 e. The summed E-state index contributed by atoms with van der Waals surface area (Å²) in [4.78, 5) is 21.5. The molecular weight excluding hydrogens is 416 g/mol. The maximum Gasteiger partial charge on any atom is 0.228 e. The first kappa shape index (κ1) is 21.8. The lowest BCUT2D eigenvalue weighted by atomic mass is 9.93. The van der Waals surface area contributed by atoms with Gasteiger partial charge in [-0.2, -0.15) is 0 Å². The van der Waals surface area contributed by atoms with E-state index in [-0.39, 0.29) is 24.8 Å². The highest BCUT2D eigenvalue weighted by atomic mass is 19.2. The molecule has 6 nitrogen and oxygen atoms in total. The van der Waals surface area contributed by atoms with Gasteiger partial charge in [-0.1, -0.05) is 30.3 Å². The summed E-state index contributed by atoms with van der Waals surface area (Å²) < 4.78 is 38.0. The van der Waals surface area contributed by atoms with Crippen LogP contribution in [0, 0.1) is 24.5 Å². The van der Waals surface area contributed by atoms with E-state index in [1.807, 2.05) is 30.3 Å². The van der Waals surface area contributed by atoms with Crippen LogP contribution in [0.1, 0.15) is 23.5 Å². The number of anilines is 1. The zero-order valence-electron chi connectivity index (χ0n) is 17.8. The SMILES string of the molecule is COCc1nc(C)ncc1OCC1(c2ccccc2)CC1C(=O)Nc1ccc(F)c(F)c1. The molecule has 32 heavy (non-hydrogen) atoms. The molecule has 1 aliphatic carbocycles. The highest BCUT2D eigenvalue weighted by molar-refractivity contribution is 5.96. The van der Waals surface area contributed by atoms with Gasteiger partial charge in [-0.3, -0.25) is 4.79 Å². The number of benzene rings is 2. The van der Waals surface area contributed by atoms with Crippen molar-refractivity contribution in [1.82, 2.24) is 9.97 Å². The number of nitrogens with zero attached hydrogens (tertiary/aromatic N) is 2. The van der Waals surface area contributed by atoms with E-state index in [1.54, 1.807) is 20.2 Å². The molecule has 1 saturated carbocycles. The number of rotatable bonds is 8. The molecule has 0 saturated heterocycles. The third-order valence-electron chi connectivity index (χ3n) is 5.64. The van der Waals surface area contributed by atoms with Gasteiger partial charge in [-0.05, 0) is 31.0 Å². The Balaban J connectivity index is 1.55. The number of methoxy groups -OCH3 is 1. The fraction of sp³-hybridized carbons (Fsp3) is 0.292. The second-order valence-electron chi connectivity index (χ2n) is 7.85. The number of ether oxygens (including phenoxy) is 2. The first-order chi connectivity index (χ1) is 15.4. The number of carbonyl (C=O) groups is 1. The number of hydrogen-bond donors (Lipinski definition) is 1. The van der Waals surface area contributed by atoms with Crippen molar-refractivity contribution >= 4 is 11.6 Å². The summed E-state index contributed by atoms with van der Waals surface area (Å²) in [5.41, 5.74) is 1.25. The third kappa shape index (κ3) is 4.45. The van der Waals surface area contributed by atoms with Crippen LogP contribution in [0.3, 0.4) is 0 Å². The standard InChI is InChI=1S/C24H23F2N3O3/c1-15-27-12-22(21(28-15)13-31-2)32-14-24(16-6-4-3-5-7-16)11-18(24)23(30)29-17-8-9-19(25)20(26)10-17/h3-10,12,18H,11,13-14H2,1-2H3,(H,29,30). The molecule has 1 amide bonds. The lowest BCUT2D eigenvalue weighted by molar-refractivity contribution is -0.117. The van der Waals surface area contributed by atoms with Crippen LogP contribution >= 0.6 is 0 Å². The Bertz CT molecular complexity index is 1130. The minimum absolute atomic E-state index is 0.206. The van der Waals surface area contributed by atoms with Crippen molar-refractivity contribution < 1.29 is 23.0 Å². The molecule has 1 aromatic heterocycles. The van der Waals surface area contributed by atoms with Crippen molar-refractivity contribution in [3.05, 3.63) is 83.4 Å². The molecule has 1 fully saturated rings. The second kappa shape index (κ2) is 9.00. The van der Waals surface area contributed by atoms with Gasteiger partial charge in [0.1, 0.15) is 11.5 Å². The zero-order chi connectivity index (χ0) is 22.7. The Morgan fingerprint density at radius 2 is 1.97 bits per heavy atom. The molecule has 0 radical (unpaired) electrons. The number of aromatic nitrogens is 2. The van der Waals surface area contributed by atoms with E-state index in [4.69, 9.17) is 9.47 Å². The van der Waals surface area contributed by atoms with Gasteiger partial charge in [-0.15, -0.1) is 0 Å². The summed E-state index contributed by atoms with van der Waals surface area (Å²) in [6.45, 7) is 2.29. The van der Waals surface area contributed by atoms with E-state index in [2.05, 4.69) is 15.3 Å². The van der Waals surface area contributed by atoms with Gasteiger partial charge < -0.3 is 14.8 Å². The van der Waals surface area contributed by atoms with Crippen LogP contribution in [-0.2, 0) is 21.6 Å². The molecule has 3 aromatic rings. The average Bonchev–Trinajstić information content (AvgIpc) is 3.53. The molecule has 4 rings (SSSR count). The summed E-state index contributed by atoms with van der Waals surface area (Å²) in [6, 6.07) is 12.9. The molecule has 1 heterocycles. The lowest BCUT2D eigenvalue weighted by Crippen LogP contribution is -2.27. The van der Waals surface area contributed by atoms with E-state index in [1.165, 1.54) is 6.07 Å². The van der Waals surface area contributed by atoms with Crippen LogP contribution in [0.5, 0.6) is 5.75 Å². The van der Waals surface area contributed by atoms with Crippen LogP contribution in [0.4, 0.5) is 14.5 Å². The van der Waals surface area contributed by atoms with E-state index < -0.39 is 23.0 Å². The predicted molar refractivity (Wildman–Crippen MR) is 114 cm³/mol. The largest absolute Gasteiger partial charge is 0.489 e. The molecule has 166 valence electrons. The molecule has 2 aromatic carbocycles. The zero-order valence-corrected chi connectivity index (χ0v) is 17.8. The fourth-order valence-electron chi connectivity index (χ4n) is 3.86. The highest BCUT2D eigenvalue weighted by Crippen LogP contribution is 2.55. The average molecular weight is 439 g/mol. The monoisotopic (exact) mass is 439 g/mol. The Hall–Kier alpha value is -3.39. The molecule has 8 heteroatoms. The van der Waals surface area contributed by atoms with E-state index >= 15 is 0 Å². The lowest BCUT2D eigenvalue weighted by Gasteiger charge is -2.20. The Morgan fingerprint density at radius 1 is 1.19 bits per heavy atom. The van der Waals surface area contributed by atoms with Crippen LogP contribution < -0.4 is 10.1 Å². The first-order valence-corrected chi connectivity index (χ1v) is 10.2.